The Labute approximate surface area is 168 Å². The molecule has 4 rings (SSSR count). The molecule has 2 heterocycles. The van der Waals surface area contributed by atoms with E-state index in [4.69, 9.17) is 0 Å². The van der Waals surface area contributed by atoms with Crippen LogP contribution in [0.5, 0.6) is 0 Å². The number of hydrogen-bond acceptors (Lipinski definition) is 3. The van der Waals surface area contributed by atoms with Gasteiger partial charge in [0.1, 0.15) is 10.7 Å². The molecule has 2 aromatic carbocycles. The zero-order valence-corrected chi connectivity index (χ0v) is 15.9. The first-order valence-electron chi connectivity index (χ1n) is 8.58. The molecule has 0 fully saturated rings. The number of aromatic nitrogens is 2. The van der Waals surface area contributed by atoms with Gasteiger partial charge in [0.05, 0.1) is 23.0 Å². The van der Waals surface area contributed by atoms with Crippen molar-refractivity contribution in [1.29, 1.82) is 0 Å². The van der Waals surface area contributed by atoms with Crippen molar-refractivity contribution in [3.63, 3.8) is 0 Å². The number of hydrogen-bond donors (Lipinski definition) is 1. The molecule has 154 valence electrons. The molecule has 2 aromatic heterocycles. The average molecular weight is 435 g/mol. The average Bonchev–Trinajstić information content (AvgIpc) is 3.09. The molecule has 5 nitrogen and oxygen atoms in total. The first-order chi connectivity index (χ1) is 14.2. The molecule has 0 aliphatic rings. The number of halogens is 4. The van der Waals surface area contributed by atoms with Gasteiger partial charge in [-0.25, -0.2) is 17.3 Å². The second-order valence-corrected chi connectivity index (χ2v) is 8.00. The Bertz CT molecular complexity index is 1350. The van der Waals surface area contributed by atoms with Crippen molar-refractivity contribution in [1.82, 2.24) is 9.61 Å². The molecule has 0 aliphatic heterocycles. The van der Waals surface area contributed by atoms with Crippen molar-refractivity contribution in [3.05, 3.63) is 84.4 Å². The smallest absolute Gasteiger partial charge is 0.276 e. The minimum Gasteiger partial charge on any atom is -0.276 e. The van der Waals surface area contributed by atoms with Gasteiger partial charge in [-0.15, -0.1) is 0 Å². The molecule has 0 radical (unpaired) electrons. The fraction of sp³-hybridized carbons (Fsp3) is 0.0500. The van der Waals surface area contributed by atoms with Crippen molar-refractivity contribution < 1.29 is 26.0 Å². The highest BCUT2D eigenvalue weighted by atomic mass is 32.2. The molecule has 0 unspecified atom stereocenters. The number of fused-ring (bicyclic) bond motifs is 1. The van der Waals surface area contributed by atoms with E-state index in [2.05, 4.69) is 9.82 Å². The van der Waals surface area contributed by atoms with E-state index >= 15 is 0 Å². The fourth-order valence-corrected chi connectivity index (χ4v) is 4.64. The SMILES string of the molecule is O=S(=O)(Nc1cnn2ccccc12)c1c(-c2cccc(F)c2)cccc1C(F)(F)F. The molecule has 0 aliphatic carbocycles. The fourth-order valence-electron chi connectivity index (χ4n) is 3.14. The summed E-state index contributed by atoms with van der Waals surface area (Å²) in [7, 11) is -4.73. The summed E-state index contributed by atoms with van der Waals surface area (Å²) in [6.07, 6.45) is -2.19. The maximum absolute atomic E-state index is 13.7. The second kappa shape index (κ2) is 7.13. The molecule has 10 heteroatoms. The van der Waals surface area contributed by atoms with Crippen LogP contribution in [0.1, 0.15) is 5.56 Å². The van der Waals surface area contributed by atoms with Crippen LogP contribution < -0.4 is 4.72 Å². The molecule has 0 spiro atoms. The van der Waals surface area contributed by atoms with E-state index in [0.717, 1.165) is 18.2 Å². The van der Waals surface area contributed by atoms with Gasteiger partial charge in [0.2, 0.25) is 0 Å². The van der Waals surface area contributed by atoms with Gasteiger partial charge >= 0.3 is 6.18 Å². The molecule has 30 heavy (non-hydrogen) atoms. The second-order valence-electron chi connectivity index (χ2n) is 6.38. The van der Waals surface area contributed by atoms with Gasteiger partial charge in [-0.1, -0.05) is 30.3 Å². The van der Waals surface area contributed by atoms with Crippen LogP contribution >= 0.6 is 0 Å². The van der Waals surface area contributed by atoms with E-state index in [0.29, 0.717) is 11.6 Å². The van der Waals surface area contributed by atoms with Crippen LogP contribution in [0.15, 0.2) is 78.0 Å². The van der Waals surface area contributed by atoms with Crippen molar-refractivity contribution in [2.45, 2.75) is 11.1 Å². The Balaban J connectivity index is 1.93. The summed E-state index contributed by atoms with van der Waals surface area (Å²) in [6.45, 7) is 0. The van der Waals surface area contributed by atoms with Gasteiger partial charge in [0.15, 0.2) is 0 Å². The van der Waals surface area contributed by atoms with Crippen LogP contribution in [0, 0.1) is 5.82 Å². The topological polar surface area (TPSA) is 63.5 Å². The van der Waals surface area contributed by atoms with Crippen LogP contribution in [-0.4, -0.2) is 18.0 Å². The van der Waals surface area contributed by atoms with Gasteiger partial charge in [-0.05, 0) is 35.9 Å². The predicted molar refractivity (Wildman–Crippen MR) is 103 cm³/mol. The minimum absolute atomic E-state index is 0.00124. The largest absolute Gasteiger partial charge is 0.417 e. The number of rotatable bonds is 4. The van der Waals surface area contributed by atoms with Crippen molar-refractivity contribution >= 4 is 21.2 Å². The summed E-state index contributed by atoms with van der Waals surface area (Å²) in [5.41, 5.74) is -1.25. The lowest BCUT2D eigenvalue weighted by molar-refractivity contribution is -0.139. The minimum atomic E-state index is -4.95. The number of pyridine rings is 1. The van der Waals surface area contributed by atoms with E-state index in [1.165, 1.54) is 28.9 Å². The third-order valence-corrected chi connectivity index (χ3v) is 5.86. The Hall–Kier alpha value is -3.40. The lowest BCUT2D eigenvalue weighted by Crippen LogP contribution is -2.20. The number of anilines is 1. The van der Waals surface area contributed by atoms with Gasteiger partial charge in [0, 0.05) is 11.8 Å². The number of benzene rings is 2. The third-order valence-electron chi connectivity index (χ3n) is 4.40. The highest BCUT2D eigenvalue weighted by molar-refractivity contribution is 7.93. The molecule has 0 amide bonds. The monoisotopic (exact) mass is 435 g/mol. The summed E-state index contributed by atoms with van der Waals surface area (Å²) >= 11 is 0. The van der Waals surface area contributed by atoms with E-state index in [-0.39, 0.29) is 16.8 Å². The molecular weight excluding hydrogens is 422 g/mol. The Morgan fingerprint density at radius 3 is 2.47 bits per heavy atom. The zero-order chi connectivity index (χ0) is 21.5. The van der Waals surface area contributed by atoms with Crippen LogP contribution in [0.3, 0.4) is 0 Å². The van der Waals surface area contributed by atoms with Crippen molar-refractivity contribution in [2.75, 3.05) is 4.72 Å². The molecule has 4 aromatic rings. The van der Waals surface area contributed by atoms with Gasteiger partial charge in [-0.3, -0.25) is 4.72 Å². The summed E-state index contributed by atoms with van der Waals surface area (Å²) in [5, 5.41) is 3.98. The summed E-state index contributed by atoms with van der Waals surface area (Å²) in [4.78, 5) is -0.988. The van der Waals surface area contributed by atoms with E-state index in [1.807, 2.05) is 0 Å². The molecular formula is C20H13F4N3O2S. The predicted octanol–water partition coefficient (Wildman–Crippen LogP) is 4.96. The molecule has 0 atom stereocenters. The maximum Gasteiger partial charge on any atom is 0.417 e. The normalized spacial score (nSPS) is 12.3. The quantitative estimate of drug-likeness (QED) is 0.461. The Morgan fingerprint density at radius 2 is 1.73 bits per heavy atom. The molecule has 0 saturated carbocycles. The number of sulfonamides is 1. The number of nitrogens with one attached hydrogen (secondary N) is 1. The highest BCUT2D eigenvalue weighted by Crippen LogP contribution is 2.40. The van der Waals surface area contributed by atoms with E-state index in [1.54, 1.807) is 24.4 Å². The Morgan fingerprint density at radius 1 is 0.967 bits per heavy atom. The first kappa shape index (κ1) is 19.9. The van der Waals surface area contributed by atoms with Crippen LogP contribution in [0.4, 0.5) is 23.2 Å². The molecule has 0 saturated heterocycles. The van der Waals surface area contributed by atoms with Gasteiger partial charge < -0.3 is 0 Å². The number of alkyl halides is 3. The molecule has 1 N–H and O–H groups in total. The highest BCUT2D eigenvalue weighted by Gasteiger charge is 2.39. The van der Waals surface area contributed by atoms with Gasteiger partial charge in [-0.2, -0.15) is 18.3 Å². The lowest BCUT2D eigenvalue weighted by atomic mass is 10.0. The van der Waals surface area contributed by atoms with Gasteiger partial charge in [0.25, 0.3) is 10.0 Å². The summed E-state index contributed by atoms with van der Waals surface area (Å²) < 4.78 is 84.7. The summed E-state index contributed by atoms with van der Waals surface area (Å²) in [5.74, 6) is -0.705. The third kappa shape index (κ3) is 3.61. The van der Waals surface area contributed by atoms with E-state index in [9.17, 15) is 26.0 Å². The van der Waals surface area contributed by atoms with Crippen LogP contribution in [0.25, 0.3) is 16.6 Å². The first-order valence-corrected chi connectivity index (χ1v) is 10.1. The number of nitrogens with zero attached hydrogens (tertiary/aromatic N) is 2. The van der Waals surface area contributed by atoms with Crippen molar-refractivity contribution in [3.8, 4) is 11.1 Å². The van der Waals surface area contributed by atoms with E-state index < -0.39 is 32.5 Å². The van der Waals surface area contributed by atoms with Crippen LogP contribution in [0.2, 0.25) is 0 Å². The summed E-state index contributed by atoms with van der Waals surface area (Å²) in [6, 6.07) is 12.5. The standard InChI is InChI=1S/C20H13F4N3O2S/c21-14-6-3-5-13(11-14)15-7-4-8-16(20(22,23)24)19(15)30(28,29)26-17-12-25-27-10-2-1-9-18(17)27/h1-12,26H. The Kier molecular flexibility index (Phi) is 4.73. The lowest BCUT2D eigenvalue weighted by Gasteiger charge is -2.18. The van der Waals surface area contributed by atoms with Crippen LogP contribution in [-0.2, 0) is 16.2 Å². The molecule has 0 bridgehead atoms. The maximum atomic E-state index is 13.7. The zero-order valence-electron chi connectivity index (χ0n) is 15.1. The van der Waals surface area contributed by atoms with Crippen molar-refractivity contribution in [2.24, 2.45) is 0 Å².